The van der Waals surface area contributed by atoms with Crippen LogP contribution in [0.4, 0.5) is 0 Å². The summed E-state index contributed by atoms with van der Waals surface area (Å²) in [6.07, 6.45) is 2.74. The fourth-order valence-electron chi connectivity index (χ4n) is 1.72. The van der Waals surface area contributed by atoms with Gasteiger partial charge in [-0.25, -0.2) is 0 Å². The molecule has 1 rings (SSSR count). The average Bonchev–Trinajstić information content (AvgIpc) is 2.67. The van der Waals surface area contributed by atoms with E-state index in [1.165, 1.54) is 20.0 Å². The largest absolute Gasteiger partial charge is 0.469 e. The first-order valence-electron chi connectivity index (χ1n) is 5.19. The molecule has 1 fully saturated rings. The van der Waals surface area contributed by atoms with E-state index in [-0.39, 0.29) is 12.4 Å². The monoisotopic (exact) mass is 201 g/mol. The molecule has 1 aliphatic rings. The number of hydrogen-bond donors (Lipinski definition) is 1. The maximum absolute atomic E-state index is 10.8. The molecular formula is C10H19NO3. The fraction of sp³-hybridized carbons (Fsp3) is 0.900. The number of aliphatic hydroxyl groups is 1. The maximum Gasteiger partial charge on any atom is 0.308 e. The van der Waals surface area contributed by atoms with Gasteiger partial charge in [-0.3, -0.25) is 4.79 Å². The van der Waals surface area contributed by atoms with Crippen LogP contribution in [0.15, 0.2) is 0 Å². The highest BCUT2D eigenvalue weighted by atomic mass is 16.5. The summed E-state index contributed by atoms with van der Waals surface area (Å²) >= 11 is 0. The van der Waals surface area contributed by atoms with Crippen molar-refractivity contribution >= 4 is 5.97 Å². The Morgan fingerprint density at radius 2 is 2.14 bits per heavy atom. The van der Waals surface area contributed by atoms with Gasteiger partial charge in [0.25, 0.3) is 0 Å². The molecule has 0 bridgehead atoms. The molecule has 1 saturated heterocycles. The highest BCUT2D eigenvalue weighted by Crippen LogP contribution is 2.09. The van der Waals surface area contributed by atoms with Gasteiger partial charge >= 0.3 is 5.97 Å². The van der Waals surface area contributed by atoms with Crippen molar-refractivity contribution in [2.24, 2.45) is 0 Å². The molecular weight excluding hydrogens is 182 g/mol. The van der Waals surface area contributed by atoms with Crippen LogP contribution in [0.25, 0.3) is 0 Å². The number of methoxy groups -OCH3 is 1. The Bertz CT molecular complexity index is 178. The Labute approximate surface area is 84.8 Å². The van der Waals surface area contributed by atoms with Gasteiger partial charge in [0.2, 0.25) is 0 Å². The lowest BCUT2D eigenvalue weighted by molar-refractivity contribution is -0.142. The molecule has 0 aromatic carbocycles. The first kappa shape index (κ1) is 11.5. The first-order valence-corrected chi connectivity index (χ1v) is 5.19. The van der Waals surface area contributed by atoms with Crippen LogP contribution in [0.2, 0.25) is 0 Å². The summed E-state index contributed by atoms with van der Waals surface area (Å²) in [5, 5.41) is 9.48. The second-order valence-corrected chi connectivity index (χ2v) is 3.77. The van der Waals surface area contributed by atoms with Crippen molar-refractivity contribution in [3.05, 3.63) is 0 Å². The van der Waals surface area contributed by atoms with E-state index < -0.39 is 6.10 Å². The van der Waals surface area contributed by atoms with Gasteiger partial charge < -0.3 is 14.7 Å². The van der Waals surface area contributed by atoms with Crippen LogP contribution < -0.4 is 0 Å². The molecule has 14 heavy (non-hydrogen) atoms. The molecule has 0 aromatic rings. The molecule has 1 heterocycles. The molecule has 1 aliphatic heterocycles. The van der Waals surface area contributed by atoms with Gasteiger partial charge in [-0.1, -0.05) is 0 Å². The zero-order valence-electron chi connectivity index (χ0n) is 8.74. The average molecular weight is 201 g/mol. The van der Waals surface area contributed by atoms with Crippen molar-refractivity contribution in [1.82, 2.24) is 4.90 Å². The Morgan fingerprint density at radius 1 is 1.50 bits per heavy atom. The lowest BCUT2D eigenvalue weighted by atomic mass is 10.2. The third kappa shape index (κ3) is 4.07. The van der Waals surface area contributed by atoms with Crippen molar-refractivity contribution < 1.29 is 14.6 Å². The van der Waals surface area contributed by atoms with E-state index in [4.69, 9.17) is 0 Å². The predicted molar refractivity (Wildman–Crippen MR) is 52.9 cm³/mol. The van der Waals surface area contributed by atoms with E-state index in [9.17, 15) is 9.90 Å². The van der Waals surface area contributed by atoms with Gasteiger partial charge in [0.05, 0.1) is 19.6 Å². The van der Waals surface area contributed by atoms with Crippen molar-refractivity contribution in [1.29, 1.82) is 0 Å². The summed E-state index contributed by atoms with van der Waals surface area (Å²) in [7, 11) is 1.34. The summed E-state index contributed by atoms with van der Waals surface area (Å²) in [5.41, 5.74) is 0. The molecule has 1 N–H and O–H groups in total. The molecule has 0 unspecified atom stereocenters. The Kier molecular flexibility index (Phi) is 4.90. The van der Waals surface area contributed by atoms with Crippen molar-refractivity contribution in [3.63, 3.8) is 0 Å². The minimum Gasteiger partial charge on any atom is -0.469 e. The van der Waals surface area contributed by atoms with Gasteiger partial charge in [0.15, 0.2) is 0 Å². The zero-order valence-corrected chi connectivity index (χ0v) is 8.74. The lowest BCUT2D eigenvalue weighted by Gasteiger charge is -2.16. The minimum absolute atomic E-state index is 0.115. The number of nitrogens with zero attached hydrogens (tertiary/aromatic N) is 1. The summed E-state index contributed by atoms with van der Waals surface area (Å²) in [6, 6.07) is 0. The molecule has 4 nitrogen and oxygen atoms in total. The summed E-state index contributed by atoms with van der Waals surface area (Å²) in [4.78, 5) is 13.1. The van der Waals surface area contributed by atoms with E-state index in [1.807, 2.05) is 0 Å². The first-order chi connectivity index (χ1) is 6.72. The Balaban J connectivity index is 2.07. The number of aliphatic hydroxyl groups excluding tert-OH is 1. The maximum atomic E-state index is 10.8. The number of likely N-dealkylation sites (tertiary alicyclic amines) is 1. The normalized spacial score (nSPS) is 19.6. The van der Waals surface area contributed by atoms with Crippen molar-refractivity contribution in [3.8, 4) is 0 Å². The molecule has 0 amide bonds. The highest BCUT2D eigenvalue weighted by Gasteiger charge is 2.15. The van der Waals surface area contributed by atoms with Gasteiger partial charge in [-0.15, -0.1) is 0 Å². The van der Waals surface area contributed by atoms with Crippen molar-refractivity contribution in [2.75, 3.05) is 26.7 Å². The van der Waals surface area contributed by atoms with E-state index >= 15 is 0 Å². The topological polar surface area (TPSA) is 49.8 Å². The Hall–Kier alpha value is -0.610. The van der Waals surface area contributed by atoms with Crippen LogP contribution in [0.5, 0.6) is 0 Å². The number of carbonyl (C=O) groups excluding carboxylic acids is 1. The molecule has 0 radical (unpaired) electrons. The fourth-order valence-corrected chi connectivity index (χ4v) is 1.72. The van der Waals surface area contributed by atoms with Crippen LogP contribution in [-0.4, -0.2) is 48.8 Å². The quantitative estimate of drug-likeness (QED) is 0.654. The molecule has 0 saturated carbocycles. The Morgan fingerprint density at radius 3 is 2.71 bits per heavy atom. The van der Waals surface area contributed by atoms with E-state index in [0.717, 1.165) is 19.6 Å². The van der Waals surface area contributed by atoms with E-state index in [1.54, 1.807) is 0 Å². The second kappa shape index (κ2) is 5.98. The third-order valence-electron chi connectivity index (χ3n) is 2.61. The molecule has 1 atom stereocenters. The highest BCUT2D eigenvalue weighted by molar-refractivity contribution is 5.69. The molecule has 0 aliphatic carbocycles. The molecule has 0 aromatic heterocycles. The number of hydrogen-bond acceptors (Lipinski definition) is 4. The van der Waals surface area contributed by atoms with E-state index in [2.05, 4.69) is 9.64 Å². The number of ether oxygens (including phenoxy) is 1. The molecule has 82 valence electrons. The van der Waals surface area contributed by atoms with Gasteiger partial charge in [-0.05, 0) is 32.4 Å². The third-order valence-corrected chi connectivity index (χ3v) is 2.61. The van der Waals surface area contributed by atoms with Crippen LogP contribution in [0.1, 0.15) is 25.7 Å². The number of carbonyl (C=O) groups is 1. The second-order valence-electron chi connectivity index (χ2n) is 3.77. The summed E-state index contributed by atoms with van der Waals surface area (Å²) < 4.78 is 4.48. The van der Waals surface area contributed by atoms with Gasteiger partial charge in [0.1, 0.15) is 0 Å². The molecule has 0 spiro atoms. The zero-order chi connectivity index (χ0) is 10.4. The summed E-state index contributed by atoms with van der Waals surface area (Å²) in [6.45, 7) is 3.15. The molecule has 4 heteroatoms. The van der Waals surface area contributed by atoms with Gasteiger partial charge in [-0.2, -0.15) is 0 Å². The van der Waals surface area contributed by atoms with Crippen LogP contribution in [-0.2, 0) is 9.53 Å². The van der Waals surface area contributed by atoms with Crippen LogP contribution in [0.3, 0.4) is 0 Å². The lowest BCUT2D eigenvalue weighted by Crippen LogP contribution is -2.25. The SMILES string of the molecule is COC(=O)C[C@@H](O)CCN1CCCC1. The standard InChI is InChI=1S/C10H19NO3/c1-14-10(13)8-9(12)4-7-11-5-2-3-6-11/h9,12H,2-8H2,1H3/t9-/m0/s1. The number of esters is 1. The smallest absolute Gasteiger partial charge is 0.308 e. The van der Waals surface area contributed by atoms with Crippen LogP contribution >= 0.6 is 0 Å². The predicted octanol–water partition coefficient (Wildman–Crippen LogP) is 0.396. The van der Waals surface area contributed by atoms with Crippen molar-refractivity contribution in [2.45, 2.75) is 31.8 Å². The van der Waals surface area contributed by atoms with Crippen LogP contribution in [0, 0.1) is 0 Å². The summed E-state index contributed by atoms with van der Waals surface area (Å²) in [5.74, 6) is -0.334. The van der Waals surface area contributed by atoms with Gasteiger partial charge in [0, 0.05) is 6.54 Å². The van der Waals surface area contributed by atoms with E-state index in [0.29, 0.717) is 6.42 Å². The number of rotatable bonds is 5. The minimum atomic E-state index is -0.553.